The number of hydrogen-bond donors (Lipinski definition) is 1. The molecule has 0 fully saturated rings. The van der Waals surface area contributed by atoms with Crippen LogP contribution in [0.15, 0.2) is 42.5 Å². The molecule has 0 saturated carbocycles. The van der Waals surface area contributed by atoms with E-state index in [2.05, 4.69) is 30.1 Å². The van der Waals surface area contributed by atoms with Crippen molar-refractivity contribution in [2.75, 3.05) is 26.1 Å². The SMILES string of the molecule is COc1ccc(C(=O)Nc2sc3c(c2-c2nc4ccccc4s2)CCN(C(C)C)C3)cc1OC. The highest BCUT2D eigenvalue weighted by molar-refractivity contribution is 7.23. The van der Waals surface area contributed by atoms with Crippen molar-refractivity contribution in [2.45, 2.75) is 32.9 Å². The summed E-state index contributed by atoms with van der Waals surface area (Å²) in [5.41, 5.74) is 3.88. The van der Waals surface area contributed by atoms with E-state index in [0.717, 1.165) is 45.3 Å². The van der Waals surface area contributed by atoms with E-state index in [1.165, 1.54) is 10.4 Å². The number of fused-ring (bicyclic) bond motifs is 2. The van der Waals surface area contributed by atoms with E-state index in [1.807, 2.05) is 18.2 Å². The zero-order chi connectivity index (χ0) is 23.8. The van der Waals surface area contributed by atoms with Gasteiger partial charge in [0.05, 0.1) is 24.4 Å². The van der Waals surface area contributed by atoms with Crippen LogP contribution >= 0.6 is 22.7 Å². The maximum atomic E-state index is 13.3. The average Bonchev–Trinajstić information content (AvgIpc) is 3.43. The van der Waals surface area contributed by atoms with Crippen molar-refractivity contribution in [2.24, 2.45) is 0 Å². The van der Waals surface area contributed by atoms with Gasteiger partial charge in [-0.3, -0.25) is 9.69 Å². The molecule has 6 nitrogen and oxygen atoms in total. The van der Waals surface area contributed by atoms with Crippen LogP contribution in [-0.2, 0) is 13.0 Å². The Morgan fingerprint density at radius 1 is 1.09 bits per heavy atom. The van der Waals surface area contributed by atoms with Crippen LogP contribution in [0.2, 0.25) is 0 Å². The quantitative estimate of drug-likeness (QED) is 0.354. The number of anilines is 1. The molecule has 1 aliphatic rings. The first-order valence-electron chi connectivity index (χ1n) is 11.3. The topological polar surface area (TPSA) is 63.7 Å². The van der Waals surface area contributed by atoms with Gasteiger partial charge in [0.15, 0.2) is 11.5 Å². The Kier molecular flexibility index (Phi) is 6.29. The Bertz CT molecular complexity index is 1330. The highest BCUT2D eigenvalue weighted by Gasteiger charge is 2.28. The van der Waals surface area contributed by atoms with Crippen molar-refractivity contribution in [3.8, 4) is 22.1 Å². The molecule has 8 heteroatoms. The van der Waals surface area contributed by atoms with Gasteiger partial charge in [-0.05, 0) is 56.2 Å². The van der Waals surface area contributed by atoms with Crippen LogP contribution in [0.5, 0.6) is 11.5 Å². The number of carbonyl (C=O) groups excluding carboxylic acids is 1. The van der Waals surface area contributed by atoms with Gasteiger partial charge in [0.2, 0.25) is 0 Å². The number of rotatable bonds is 6. The smallest absolute Gasteiger partial charge is 0.256 e. The summed E-state index contributed by atoms with van der Waals surface area (Å²) >= 11 is 3.34. The molecule has 1 aliphatic heterocycles. The normalized spacial score (nSPS) is 13.8. The summed E-state index contributed by atoms with van der Waals surface area (Å²) in [7, 11) is 3.15. The lowest BCUT2D eigenvalue weighted by Gasteiger charge is -2.30. The first kappa shape index (κ1) is 22.8. The van der Waals surface area contributed by atoms with Crippen molar-refractivity contribution in [3.63, 3.8) is 0 Å². The minimum Gasteiger partial charge on any atom is -0.493 e. The number of thiophene rings is 1. The second kappa shape index (κ2) is 9.37. The maximum Gasteiger partial charge on any atom is 0.256 e. The highest BCUT2D eigenvalue weighted by Crippen LogP contribution is 2.46. The summed E-state index contributed by atoms with van der Waals surface area (Å²) in [5, 5.41) is 5.00. The number of para-hydroxylation sites is 1. The average molecular weight is 494 g/mol. The Labute approximate surface area is 207 Å². The van der Waals surface area contributed by atoms with Gasteiger partial charge in [-0.1, -0.05) is 12.1 Å². The second-order valence-corrected chi connectivity index (χ2v) is 10.7. The van der Waals surface area contributed by atoms with E-state index in [0.29, 0.717) is 23.1 Å². The van der Waals surface area contributed by atoms with Crippen LogP contribution in [0, 0.1) is 0 Å². The van der Waals surface area contributed by atoms with E-state index in [9.17, 15) is 4.79 Å². The summed E-state index contributed by atoms with van der Waals surface area (Å²) in [6.07, 6.45) is 0.946. The zero-order valence-corrected chi connectivity index (χ0v) is 21.3. The molecule has 176 valence electrons. The van der Waals surface area contributed by atoms with Crippen molar-refractivity contribution in [1.29, 1.82) is 0 Å². The number of nitrogens with one attached hydrogen (secondary N) is 1. The molecule has 0 unspecified atom stereocenters. The van der Waals surface area contributed by atoms with Crippen molar-refractivity contribution in [1.82, 2.24) is 9.88 Å². The molecule has 0 spiro atoms. The molecule has 34 heavy (non-hydrogen) atoms. The van der Waals surface area contributed by atoms with Crippen molar-refractivity contribution < 1.29 is 14.3 Å². The molecule has 0 radical (unpaired) electrons. The lowest BCUT2D eigenvalue weighted by molar-refractivity contribution is 0.102. The van der Waals surface area contributed by atoms with E-state index < -0.39 is 0 Å². The largest absolute Gasteiger partial charge is 0.493 e. The molecular weight excluding hydrogens is 466 g/mol. The van der Waals surface area contributed by atoms with Gasteiger partial charge in [0.1, 0.15) is 10.0 Å². The monoisotopic (exact) mass is 493 g/mol. The van der Waals surface area contributed by atoms with Crippen LogP contribution in [0.1, 0.15) is 34.6 Å². The summed E-state index contributed by atoms with van der Waals surface area (Å²) < 4.78 is 11.8. The molecule has 0 atom stereocenters. The molecule has 0 bridgehead atoms. The predicted molar refractivity (Wildman–Crippen MR) is 140 cm³/mol. The van der Waals surface area contributed by atoms with Gasteiger partial charge in [0, 0.05) is 35.1 Å². The molecule has 1 amide bonds. The number of ether oxygens (including phenoxy) is 2. The molecule has 5 rings (SSSR count). The third-order valence-corrected chi connectivity index (χ3v) is 8.38. The third-order valence-electron chi connectivity index (χ3n) is 6.20. The number of thiazole rings is 1. The fraction of sp³-hybridized carbons (Fsp3) is 0.308. The Hall–Kier alpha value is -2.94. The van der Waals surface area contributed by atoms with Crippen molar-refractivity contribution >= 4 is 43.8 Å². The molecule has 4 aromatic rings. The van der Waals surface area contributed by atoms with Gasteiger partial charge in [0.25, 0.3) is 5.91 Å². The number of hydrogen-bond acceptors (Lipinski definition) is 7. The van der Waals surface area contributed by atoms with E-state index in [-0.39, 0.29) is 5.91 Å². The number of methoxy groups -OCH3 is 2. The summed E-state index contributed by atoms with van der Waals surface area (Å²) in [6.45, 7) is 6.35. The Morgan fingerprint density at radius 3 is 2.62 bits per heavy atom. The number of carbonyl (C=O) groups is 1. The predicted octanol–water partition coefficient (Wildman–Crippen LogP) is 6.06. The Balaban J connectivity index is 1.55. The maximum absolute atomic E-state index is 13.3. The molecule has 2 aromatic heterocycles. The zero-order valence-electron chi connectivity index (χ0n) is 19.7. The number of aromatic nitrogens is 1. The van der Waals surface area contributed by atoms with E-state index >= 15 is 0 Å². The molecular formula is C26H27N3O3S2. The molecule has 0 aliphatic carbocycles. The minimum atomic E-state index is -0.178. The highest BCUT2D eigenvalue weighted by atomic mass is 32.1. The summed E-state index contributed by atoms with van der Waals surface area (Å²) in [6, 6.07) is 13.9. The first-order valence-corrected chi connectivity index (χ1v) is 12.9. The third kappa shape index (κ3) is 4.17. The fourth-order valence-electron chi connectivity index (χ4n) is 4.31. The lowest BCUT2D eigenvalue weighted by Crippen LogP contribution is -2.35. The molecule has 2 aromatic carbocycles. The fourth-order valence-corrected chi connectivity index (χ4v) is 6.69. The van der Waals surface area contributed by atoms with Gasteiger partial charge >= 0.3 is 0 Å². The minimum absolute atomic E-state index is 0.178. The molecule has 1 N–H and O–H groups in total. The summed E-state index contributed by atoms with van der Waals surface area (Å²) in [5.74, 6) is 0.941. The van der Waals surface area contributed by atoms with Crippen LogP contribution in [0.25, 0.3) is 20.8 Å². The van der Waals surface area contributed by atoms with Crippen LogP contribution in [-0.4, -0.2) is 42.6 Å². The molecule has 0 saturated heterocycles. The molecule has 3 heterocycles. The number of benzene rings is 2. The van der Waals surface area contributed by atoms with Crippen LogP contribution in [0.4, 0.5) is 5.00 Å². The van der Waals surface area contributed by atoms with E-state index in [4.69, 9.17) is 14.5 Å². The van der Waals surface area contributed by atoms with Crippen LogP contribution < -0.4 is 14.8 Å². The summed E-state index contributed by atoms with van der Waals surface area (Å²) in [4.78, 5) is 22.0. The number of amides is 1. The van der Waals surface area contributed by atoms with Gasteiger partial charge in [-0.2, -0.15) is 0 Å². The van der Waals surface area contributed by atoms with Gasteiger partial charge in [-0.15, -0.1) is 22.7 Å². The van der Waals surface area contributed by atoms with Gasteiger partial charge in [-0.25, -0.2) is 4.98 Å². The lowest BCUT2D eigenvalue weighted by atomic mass is 10.0. The van der Waals surface area contributed by atoms with Crippen molar-refractivity contribution in [3.05, 3.63) is 58.5 Å². The first-order chi connectivity index (χ1) is 16.5. The van der Waals surface area contributed by atoms with E-state index in [1.54, 1.807) is 55.1 Å². The van der Waals surface area contributed by atoms with Gasteiger partial charge < -0.3 is 14.8 Å². The second-order valence-electron chi connectivity index (χ2n) is 8.53. The van der Waals surface area contributed by atoms with Crippen LogP contribution in [0.3, 0.4) is 0 Å². The Morgan fingerprint density at radius 2 is 1.88 bits per heavy atom. The number of nitrogens with zero attached hydrogens (tertiary/aromatic N) is 2. The standard InChI is InChI=1S/C26H27N3O3S2/c1-15(2)29-12-11-17-22(14-29)34-26(23(17)25-27-18-7-5-6-8-21(18)33-25)28-24(30)16-9-10-19(31-3)20(13-16)32-4/h5-10,13,15H,11-12,14H2,1-4H3,(H,28,30).